The molecule has 0 fully saturated rings. The maximum absolute atomic E-state index is 10.6. The van der Waals surface area contributed by atoms with Crippen LogP contribution in [0.3, 0.4) is 0 Å². The summed E-state index contributed by atoms with van der Waals surface area (Å²) in [6.07, 6.45) is 0.898. The summed E-state index contributed by atoms with van der Waals surface area (Å²) in [5, 5.41) is 7.88. The van der Waals surface area contributed by atoms with Gasteiger partial charge in [0.05, 0.1) is 0 Å². The van der Waals surface area contributed by atoms with Crippen molar-refractivity contribution in [3.63, 3.8) is 0 Å². The zero-order chi connectivity index (χ0) is 12.7. The normalized spacial score (nSPS) is 14.9. The Balaban J connectivity index is 2.31. The number of thiol groups is 1. The molecular formula is C10H12O3P2S2. The Bertz CT molecular complexity index is 376. The Morgan fingerprint density at radius 3 is 2.35 bits per heavy atom. The summed E-state index contributed by atoms with van der Waals surface area (Å²) in [6, 6.07) is 7.76. The van der Waals surface area contributed by atoms with Crippen LogP contribution in [0, 0.1) is 0 Å². The van der Waals surface area contributed by atoms with Crippen LogP contribution in [-0.2, 0) is 9.13 Å². The molecule has 0 radical (unpaired) electrons. The third-order valence-electron chi connectivity index (χ3n) is 2.05. The van der Waals surface area contributed by atoms with Crippen LogP contribution in [0.5, 0.6) is 0 Å². The SMILES string of the molecule is O=PC(O)(CCCSc1ccc(S)cc1)P=O. The molecule has 0 heterocycles. The van der Waals surface area contributed by atoms with Gasteiger partial charge in [0.15, 0.2) is 0 Å². The smallest absolute Gasteiger partial charge is 0.224 e. The molecule has 0 unspecified atom stereocenters. The van der Waals surface area contributed by atoms with E-state index in [4.69, 9.17) is 0 Å². The summed E-state index contributed by atoms with van der Waals surface area (Å²) in [6.45, 7) is 0. The van der Waals surface area contributed by atoms with E-state index in [0.29, 0.717) is 6.42 Å². The molecule has 0 amide bonds. The van der Waals surface area contributed by atoms with E-state index in [0.717, 1.165) is 15.5 Å². The number of rotatable bonds is 7. The predicted octanol–water partition coefficient (Wildman–Crippen LogP) is 4.08. The summed E-state index contributed by atoms with van der Waals surface area (Å²) in [7, 11) is -0.979. The molecule has 17 heavy (non-hydrogen) atoms. The van der Waals surface area contributed by atoms with Gasteiger partial charge in [0.25, 0.3) is 0 Å². The molecule has 0 spiro atoms. The van der Waals surface area contributed by atoms with E-state index < -0.39 is 22.0 Å². The van der Waals surface area contributed by atoms with Gasteiger partial charge in [-0.1, -0.05) is 0 Å². The first-order chi connectivity index (χ1) is 8.09. The van der Waals surface area contributed by atoms with Crippen molar-refractivity contribution in [1.29, 1.82) is 0 Å². The fourth-order valence-corrected chi connectivity index (χ4v) is 2.78. The average molecular weight is 306 g/mol. The molecule has 3 nitrogen and oxygen atoms in total. The Labute approximate surface area is 113 Å². The second-order valence-electron chi connectivity index (χ2n) is 3.40. The van der Waals surface area contributed by atoms with Gasteiger partial charge in [-0.25, -0.2) is 0 Å². The lowest BCUT2D eigenvalue weighted by atomic mass is 10.3. The minimum absolute atomic E-state index is 0.251. The van der Waals surface area contributed by atoms with E-state index in [1.807, 2.05) is 24.3 Å². The van der Waals surface area contributed by atoms with Gasteiger partial charge in [-0.15, -0.1) is 24.4 Å². The number of aliphatic hydroxyl groups is 1. The van der Waals surface area contributed by atoms with Crippen LogP contribution in [-0.4, -0.2) is 15.9 Å². The fraction of sp³-hybridized carbons (Fsp3) is 0.400. The van der Waals surface area contributed by atoms with Gasteiger partial charge in [-0.2, -0.15) is 0 Å². The third-order valence-corrected chi connectivity index (χ3v) is 4.97. The van der Waals surface area contributed by atoms with Crippen LogP contribution in [0.25, 0.3) is 0 Å². The monoisotopic (exact) mass is 306 g/mol. The molecule has 7 heteroatoms. The van der Waals surface area contributed by atoms with Crippen molar-refractivity contribution in [2.45, 2.75) is 27.7 Å². The largest absolute Gasteiger partial charge is 0.368 e. The lowest BCUT2D eigenvalue weighted by Crippen LogP contribution is -2.11. The van der Waals surface area contributed by atoms with Gasteiger partial charge < -0.3 is 5.11 Å². The van der Waals surface area contributed by atoms with Gasteiger partial charge in [0, 0.05) is 9.79 Å². The summed E-state index contributed by atoms with van der Waals surface area (Å²) in [4.78, 5) is 2.03. The number of hydrogen-bond acceptors (Lipinski definition) is 5. The van der Waals surface area contributed by atoms with Crippen molar-refractivity contribution in [2.75, 3.05) is 5.75 Å². The number of thioether (sulfide) groups is 1. The Hall–Kier alpha value is 0.0800. The molecule has 0 bridgehead atoms. The predicted molar refractivity (Wildman–Crippen MR) is 73.8 cm³/mol. The summed E-state index contributed by atoms with van der Waals surface area (Å²) < 4.78 is 21.2. The molecule has 0 saturated heterocycles. The van der Waals surface area contributed by atoms with Crippen molar-refractivity contribution < 1.29 is 14.2 Å². The molecular weight excluding hydrogens is 294 g/mol. The standard InChI is InChI=1S/C10H12O3P2S2/c11-10(14-12,15-13)6-1-7-17-9-4-2-8(16)3-5-9/h2-5,11,16H,1,6-7H2. The first-order valence-electron chi connectivity index (χ1n) is 4.93. The third kappa shape index (κ3) is 5.50. The molecule has 0 saturated carbocycles. The topological polar surface area (TPSA) is 54.4 Å². The molecule has 1 aromatic carbocycles. The second kappa shape index (κ2) is 7.50. The van der Waals surface area contributed by atoms with Crippen LogP contribution in [0.15, 0.2) is 34.1 Å². The molecule has 0 aliphatic rings. The van der Waals surface area contributed by atoms with Crippen LogP contribution < -0.4 is 0 Å². The molecule has 0 atom stereocenters. The maximum Gasteiger partial charge on any atom is 0.224 e. The molecule has 1 rings (SSSR count). The molecule has 0 aliphatic heterocycles. The molecule has 0 aromatic heterocycles. The molecule has 92 valence electrons. The van der Waals surface area contributed by atoms with Crippen molar-refractivity contribution in [3.8, 4) is 0 Å². The van der Waals surface area contributed by atoms with Crippen LogP contribution in [0.4, 0.5) is 0 Å². The number of benzene rings is 1. The van der Waals surface area contributed by atoms with Crippen molar-refractivity contribution in [1.82, 2.24) is 0 Å². The van der Waals surface area contributed by atoms with Crippen LogP contribution >= 0.6 is 41.3 Å². The Morgan fingerprint density at radius 2 is 1.82 bits per heavy atom. The number of hydrogen-bond donors (Lipinski definition) is 2. The van der Waals surface area contributed by atoms with Crippen molar-refractivity contribution >= 4 is 41.3 Å². The van der Waals surface area contributed by atoms with E-state index in [9.17, 15) is 14.2 Å². The minimum atomic E-state index is -1.62. The highest BCUT2D eigenvalue weighted by Crippen LogP contribution is 2.36. The summed E-state index contributed by atoms with van der Waals surface area (Å²) >= 11 is 5.83. The van der Waals surface area contributed by atoms with Gasteiger partial charge in [-0.05, 0) is 42.9 Å². The van der Waals surface area contributed by atoms with E-state index in [1.54, 1.807) is 11.8 Å². The van der Waals surface area contributed by atoms with Gasteiger partial charge in [0.2, 0.25) is 22.0 Å². The van der Waals surface area contributed by atoms with E-state index >= 15 is 0 Å². The summed E-state index contributed by atoms with van der Waals surface area (Å²) in [5.74, 6) is 0.777. The van der Waals surface area contributed by atoms with Crippen LogP contribution in [0.1, 0.15) is 12.8 Å². The van der Waals surface area contributed by atoms with Crippen molar-refractivity contribution in [3.05, 3.63) is 24.3 Å². The first-order valence-corrected chi connectivity index (χ1v) is 7.98. The molecule has 0 aliphatic carbocycles. The van der Waals surface area contributed by atoms with Crippen LogP contribution in [0.2, 0.25) is 0 Å². The van der Waals surface area contributed by atoms with E-state index in [1.165, 1.54) is 0 Å². The quantitative estimate of drug-likeness (QED) is 0.345. The van der Waals surface area contributed by atoms with Gasteiger partial charge in [0.1, 0.15) is 0 Å². The minimum Gasteiger partial charge on any atom is -0.368 e. The summed E-state index contributed by atoms with van der Waals surface area (Å²) in [5.41, 5.74) is 0. The van der Waals surface area contributed by atoms with Gasteiger partial charge in [-0.3, -0.25) is 9.13 Å². The highest BCUT2D eigenvalue weighted by Gasteiger charge is 2.27. The Morgan fingerprint density at radius 1 is 1.24 bits per heavy atom. The lowest BCUT2D eigenvalue weighted by molar-refractivity contribution is 0.204. The first kappa shape index (κ1) is 15.1. The zero-order valence-corrected chi connectivity index (χ0v) is 12.4. The van der Waals surface area contributed by atoms with E-state index in [-0.39, 0.29) is 6.42 Å². The fourth-order valence-electron chi connectivity index (χ4n) is 1.15. The van der Waals surface area contributed by atoms with Crippen molar-refractivity contribution in [2.24, 2.45) is 0 Å². The highest BCUT2D eigenvalue weighted by atomic mass is 32.2. The zero-order valence-electron chi connectivity index (χ0n) is 8.94. The molecule has 1 N–H and O–H groups in total. The maximum atomic E-state index is 10.6. The average Bonchev–Trinajstić information content (AvgIpc) is 2.36. The lowest BCUT2D eigenvalue weighted by Gasteiger charge is -2.10. The van der Waals surface area contributed by atoms with Gasteiger partial charge >= 0.3 is 0 Å². The van der Waals surface area contributed by atoms with E-state index in [2.05, 4.69) is 12.6 Å². The second-order valence-corrected chi connectivity index (χ2v) is 7.29. The molecule has 1 aromatic rings. The highest BCUT2D eigenvalue weighted by molar-refractivity contribution is 7.99. The Kier molecular flexibility index (Phi) is 6.68.